The molecule has 0 bridgehead atoms. The molecule has 0 unspecified atom stereocenters. The Kier molecular flexibility index (Phi) is 6.45. The lowest BCUT2D eigenvalue weighted by molar-refractivity contribution is 0.155. The van der Waals surface area contributed by atoms with Crippen molar-refractivity contribution in [3.05, 3.63) is 28.2 Å². The first-order chi connectivity index (χ1) is 9.23. The van der Waals surface area contributed by atoms with Crippen LogP contribution in [0.2, 0.25) is 10.0 Å². The Morgan fingerprint density at radius 3 is 2.05 bits per heavy atom. The molecule has 7 heteroatoms. The normalized spacial score (nSPS) is 12.4. The molecule has 3 nitrogen and oxygen atoms in total. The molecule has 0 heterocycles. The van der Waals surface area contributed by atoms with Crippen molar-refractivity contribution < 1.29 is 13.2 Å². The maximum Gasteiger partial charge on any atom is 0.233 e. The summed E-state index contributed by atoms with van der Waals surface area (Å²) in [4.78, 5) is 0. The summed E-state index contributed by atoms with van der Waals surface area (Å²) in [5.74, 6) is 0.227. The summed E-state index contributed by atoms with van der Waals surface area (Å²) in [6, 6.07) is 5.05. The Bertz CT molecular complexity index is 534. The minimum atomic E-state index is -3.60. The Labute approximate surface area is 134 Å². The van der Waals surface area contributed by atoms with Crippen molar-refractivity contribution in [2.45, 2.75) is 26.7 Å². The third-order valence-corrected chi connectivity index (χ3v) is 5.30. The third-order valence-electron chi connectivity index (χ3n) is 3.42. The smallest absolute Gasteiger partial charge is 0.233 e. The largest absolute Gasteiger partial charge is 0.490 e. The van der Waals surface area contributed by atoms with E-state index in [-0.39, 0.29) is 12.4 Å². The van der Waals surface area contributed by atoms with E-state index in [1.54, 1.807) is 18.2 Å². The number of benzene rings is 1. The molecule has 0 aliphatic rings. The zero-order valence-corrected chi connectivity index (χ0v) is 14.4. The van der Waals surface area contributed by atoms with E-state index >= 15 is 0 Å². The van der Waals surface area contributed by atoms with Gasteiger partial charge in [0.25, 0.3) is 0 Å². The molecule has 0 N–H and O–H groups in total. The second-order valence-corrected chi connectivity index (χ2v) is 8.32. The summed E-state index contributed by atoms with van der Waals surface area (Å²) in [5.41, 5.74) is -0.552. The summed E-state index contributed by atoms with van der Waals surface area (Å²) < 4.78 is 28.4. The van der Waals surface area contributed by atoms with Crippen LogP contribution >= 0.6 is 33.9 Å². The molecule has 0 spiro atoms. The van der Waals surface area contributed by atoms with Crippen LogP contribution < -0.4 is 4.74 Å². The topological polar surface area (TPSA) is 43.4 Å². The van der Waals surface area contributed by atoms with Gasteiger partial charge in [-0.1, -0.05) is 43.1 Å². The average Bonchev–Trinajstić information content (AvgIpc) is 2.35. The number of hydrogen-bond acceptors (Lipinski definition) is 3. The van der Waals surface area contributed by atoms with Crippen LogP contribution in [0.5, 0.6) is 5.75 Å². The van der Waals surface area contributed by atoms with Gasteiger partial charge in [0.1, 0.15) is 0 Å². The van der Waals surface area contributed by atoms with Gasteiger partial charge in [0, 0.05) is 16.1 Å². The first kappa shape index (κ1) is 17.9. The summed E-state index contributed by atoms with van der Waals surface area (Å²) in [6.07, 6.45) is 1.25. The summed E-state index contributed by atoms with van der Waals surface area (Å²) >= 11 is 12.0. The van der Waals surface area contributed by atoms with Gasteiger partial charge in [-0.3, -0.25) is 0 Å². The minimum absolute atomic E-state index is 0.142. The minimum Gasteiger partial charge on any atom is -0.490 e. The standard InChI is InChI=1S/C13H17Cl3O3S/c1-3-13(4-2,9-20(16,17)18)8-19-12-10(14)6-5-7-11(12)15/h5-7H,3-4,8-9H2,1-2H3. The maximum atomic E-state index is 11.4. The van der Waals surface area contributed by atoms with E-state index in [0.717, 1.165) is 0 Å². The van der Waals surface area contributed by atoms with Crippen molar-refractivity contribution in [2.24, 2.45) is 5.41 Å². The number of halogens is 3. The van der Waals surface area contributed by atoms with E-state index in [1.165, 1.54) is 0 Å². The van der Waals surface area contributed by atoms with Gasteiger partial charge in [-0.15, -0.1) is 0 Å². The van der Waals surface area contributed by atoms with Crippen LogP contribution in [0.1, 0.15) is 26.7 Å². The Morgan fingerprint density at radius 2 is 1.65 bits per heavy atom. The lowest BCUT2D eigenvalue weighted by Gasteiger charge is -2.30. The van der Waals surface area contributed by atoms with Crippen LogP contribution in [0, 0.1) is 5.41 Å². The van der Waals surface area contributed by atoms with Crippen molar-refractivity contribution in [1.29, 1.82) is 0 Å². The Hall–Kier alpha value is -0.160. The Balaban J connectivity index is 2.93. The van der Waals surface area contributed by atoms with E-state index < -0.39 is 14.5 Å². The van der Waals surface area contributed by atoms with Crippen molar-refractivity contribution >= 4 is 42.9 Å². The van der Waals surface area contributed by atoms with Gasteiger partial charge in [-0.05, 0) is 25.0 Å². The Morgan fingerprint density at radius 1 is 1.15 bits per heavy atom. The predicted octanol–water partition coefficient (Wildman–Crippen LogP) is 4.75. The highest BCUT2D eigenvalue weighted by Crippen LogP contribution is 2.36. The molecule has 1 rings (SSSR count). The van der Waals surface area contributed by atoms with Gasteiger partial charge in [-0.25, -0.2) is 8.42 Å². The van der Waals surface area contributed by atoms with Crippen LogP contribution in [-0.2, 0) is 9.05 Å². The highest BCUT2D eigenvalue weighted by Gasteiger charge is 2.33. The van der Waals surface area contributed by atoms with Crippen molar-refractivity contribution in [3.63, 3.8) is 0 Å². The van der Waals surface area contributed by atoms with E-state index in [1.807, 2.05) is 13.8 Å². The average molecular weight is 360 g/mol. The molecule has 0 saturated heterocycles. The van der Waals surface area contributed by atoms with Crippen molar-refractivity contribution in [2.75, 3.05) is 12.4 Å². The van der Waals surface area contributed by atoms with Crippen LogP contribution in [0.3, 0.4) is 0 Å². The van der Waals surface area contributed by atoms with Crippen molar-refractivity contribution in [1.82, 2.24) is 0 Å². The molecule has 1 aromatic carbocycles. The van der Waals surface area contributed by atoms with Gasteiger partial charge >= 0.3 is 0 Å². The quantitative estimate of drug-likeness (QED) is 0.660. The fraction of sp³-hybridized carbons (Fsp3) is 0.538. The summed E-state index contributed by atoms with van der Waals surface area (Å²) in [7, 11) is 1.78. The number of ether oxygens (including phenoxy) is 1. The molecule has 0 amide bonds. The molecule has 0 aliphatic carbocycles. The summed E-state index contributed by atoms with van der Waals surface area (Å²) in [5, 5.41) is 0.791. The zero-order chi connectivity index (χ0) is 15.4. The molecule has 114 valence electrons. The lowest BCUT2D eigenvalue weighted by Crippen LogP contribution is -2.33. The number of para-hydroxylation sites is 1. The second-order valence-electron chi connectivity index (χ2n) is 4.73. The molecule has 0 atom stereocenters. The van der Waals surface area contributed by atoms with Crippen LogP contribution in [0.25, 0.3) is 0 Å². The second kappa shape index (κ2) is 7.21. The predicted molar refractivity (Wildman–Crippen MR) is 84.6 cm³/mol. The zero-order valence-electron chi connectivity index (χ0n) is 11.3. The highest BCUT2D eigenvalue weighted by molar-refractivity contribution is 8.13. The molecule has 0 aliphatic heterocycles. The first-order valence-corrected chi connectivity index (χ1v) is 9.45. The molecule has 0 fully saturated rings. The molecular weight excluding hydrogens is 343 g/mol. The molecule has 20 heavy (non-hydrogen) atoms. The van der Waals surface area contributed by atoms with Gasteiger partial charge in [-0.2, -0.15) is 0 Å². The maximum absolute atomic E-state index is 11.4. The van der Waals surface area contributed by atoms with Gasteiger partial charge in [0.15, 0.2) is 5.75 Å². The van der Waals surface area contributed by atoms with E-state index in [9.17, 15) is 8.42 Å². The van der Waals surface area contributed by atoms with E-state index in [2.05, 4.69) is 0 Å². The molecule has 1 aromatic rings. The third kappa shape index (κ3) is 4.99. The van der Waals surface area contributed by atoms with Gasteiger partial charge in [0.2, 0.25) is 9.05 Å². The van der Waals surface area contributed by atoms with E-state index in [0.29, 0.717) is 28.6 Å². The first-order valence-electron chi connectivity index (χ1n) is 6.22. The fourth-order valence-electron chi connectivity index (χ4n) is 1.91. The fourth-order valence-corrected chi connectivity index (χ4v) is 4.34. The number of rotatable bonds is 7. The van der Waals surface area contributed by atoms with Gasteiger partial charge in [0.05, 0.1) is 22.4 Å². The monoisotopic (exact) mass is 358 g/mol. The van der Waals surface area contributed by atoms with Crippen LogP contribution in [-0.4, -0.2) is 20.8 Å². The van der Waals surface area contributed by atoms with Crippen LogP contribution in [0.15, 0.2) is 18.2 Å². The molecular formula is C13H17Cl3O3S. The molecule has 0 radical (unpaired) electrons. The lowest BCUT2D eigenvalue weighted by atomic mass is 9.85. The highest BCUT2D eigenvalue weighted by atomic mass is 35.7. The van der Waals surface area contributed by atoms with Gasteiger partial charge < -0.3 is 4.74 Å². The molecule has 0 saturated carbocycles. The van der Waals surface area contributed by atoms with Crippen molar-refractivity contribution in [3.8, 4) is 5.75 Å². The van der Waals surface area contributed by atoms with E-state index in [4.69, 9.17) is 38.6 Å². The SMILES string of the molecule is CCC(CC)(COc1c(Cl)cccc1Cl)CS(=O)(=O)Cl. The molecule has 0 aromatic heterocycles. The summed E-state index contributed by atoms with van der Waals surface area (Å²) in [6.45, 7) is 4.00. The number of hydrogen-bond donors (Lipinski definition) is 0. The van der Waals surface area contributed by atoms with Crippen LogP contribution in [0.4, 0.5) is 0 Å².